The van der Waals surface area contributed by atoms with E-state index in [0.717, 1.165) is 11.3 Å². The Hall–Kier alpha value is -1.36. The highest BCUT2D eigenvalue weighted by Crippen LogP contribution is 2.11. The van der Waals surface area contributed by atoms with Gasteiger partial charge in [0.2, 0.25) is 0 Å². The fourth-order valence-electron chi connectivity index (χ4n) is 0.743. The van der Waals surface area contributed by atoms with Gasteiger partial charge >= 0.3 is 0 Å². The lowest BCUT2D eigenvalue weighted by Gasteiger charge is -1.97. The summed E-state index contributed by atoms with van der Waals surface area (Å²) in [7, 11) is 0. The summed E-state index contributed by atoms with van der Waals surface area (Å²) in [5.74, 6) is 0. The molecule has 0 aromatic carbocycles. The molecule has 0 heterocycles. The SMILES string of the molecule is C=C(C)/C(C#N)=C(/C)N=CC. The highest BCUT2D eigenvalue weighted by Gasteiger charge is 1.99. The molecular weight excluding hydrogens is 136 g/mol. The van der Waals surface area contributed by atoms with Crippen LogP contribution >= 0.6 is 0 Å². The quantitative estimate of drug-likeness (QED) is 0.336. The number of nitrogens with zero attached hydrogens (tertiary/aromatic N) is 2. The molecule has 0 unspecified atom stereocenters. The van der Waals surface area contributed by atoms with Gasteiger partial charge in [0.05, 0.1) is 11.3 Å². The standard InChI is InChI=1S/C9H12N2/c1-5-11-8(4)9(6-10)7(2)3/h5H,2H2,1,3-4H3/b9-8-,11-5?. The van der Waals surface area contributed by atoms with Crippen molar-refractivity contribution in [3.63, 3.8) is 0 Å². The van der Waals surface area contributed by atoms with Gasteiger partial charge in [-0.2, -0.15) is 5.26 Å². The minimum Gasteiger partial charge on any atom is -0.265 e. The van der Waals surface area contributed by atoms with Crippen molar-refractivity contribution in [2.75, 3.05) is 0 Å². The smallest absolute Gasteiger partial charge is 0.101 e. The largest absolute Gasteiger partial charge is 0.265 e. The minimum atomic E-state index is 0.572. The van der Waals surface area contributed by atoms with Gasteiger partial charge in [-0.15, -0.1) is 0 Å². The van der Waals surface area contributed by atoms with Crippen LogP contribution in [0.2, 0.25) is 0 Å². The molecule has 0 bridgehead atoms. The van der Waals surface area contributed by atoms with Gasteiger partial charge in [0.25, 0.3) is 0 Å². The summed E-state index contributed by atoms with van der Waals surface area (Å²) in [6.07, 6.45) is 1.66. The van der Waals surface area contributed by atoms with E-state index in [9.17, 15) is 0 Å². The van der Waals surface area contributed by atoms with Gasteiger partial charge in [0.15, 0.2) is 0 Å². The summed E-state index contributed by atoms with van der Waals surface area (Å²) >= 11 is 0. The Bertz CT molecular complexity index is 251. The van der Waals surface area contributed by atoms with Gasteiger partial charge < -0.3 is 0 Å². The summed E-state index contributed by atoms with van der Waals surface area (Å²) in [6, 6.07) is 2.05. The van der Waals surface area contributed by atoms with Crippen LogP contribution in [0.1, 0.15) is 20.8 Å². The van der Waals surface area contributed by atoms with Crippen molar-refractivity contribution in [1.82, 2.24) is 0 Å². The van der Waals surface area contributed by atoms with Crippen LogP contribution in [0.5, 0.6) is 0 Å². The zero-order valence-corrected chi connectivity index (χ0v) is 7.18. The van der Waals surface area contributed by atoms with E-state index in [0.29, 0.717) is 5.57 Å². The fraction of sp³-hybridized carbons (Fsp3) is 0.333. The molecule has 0 aromatic rings. The predicted octanol–water partition coefficient (Wildman–Crippen LogP) is 2.45. The monoisotopic (exact) mass is 148 g/mol. The van der Waals surface area contributed by atoms with Gasteiger partial charge in [-0.1, -0.05) is 6.58 Å². The third-order valence-electron chi connectivity index (χ3n) is 1.22. The third-order valence-corrected chi connectivity index (χ3v) is 1.22. The molecule has 0 aliphatic carbocycles. The van der Waals surface area contributed by atoms with E-state index < -0.39 is 0 Å². The molecule has 0 spiro atoms. The van der Waals surface area contributed by atoms with Crippen LogP contribution in [0.4, 0.5) is 0 Å². The van der Waals surface area contributed by atoms with E-state index in [2.05, 4.69) is 17.6 Å². The van der Waals surface area contributed by atoms with E-state index >= 15 is 0 Å². The molecule has 0 saturated heterocycles. The van der Waals surface area contributed by atoms with E-state index in [1.807, 2.05) is 6.92 Å². The number of rotatable bonds is 2. The second-order valence-electron chi connectivity index (χ2n) is 2.24. The first-order valence-corrected chi connectivity index (χ1v) is 3.39. The molecule has 2 nitrogen and oxygen atoms in total. The molecule has 0 radical (unpaired) electrons. The molecule has 0 fully saturated rings. The molecule has 0 aromatic heterocycles. The van der Waals surface area contributed by atoms with Crippen molar-refractivity contribution in [1.29, 1.82) is 5.26 Å². The molecule has 58 valence electrons. The Balaban J connectivity index is 4.87. The molecule has 0 aliphatic heterocycles. The molecule has 11 heavy (non-hydrogen) atoms. The minimum absolute atomic E-state index is 0.572. The number of allylic oxidation sites excluding steroid dienone is 3. The average molecular weight is 148 g/mol. The maximum atomic E-state index is 8.65. The lowest BCUT2D eigenvalue weighted by Crippen LogP contribution is -1.84. The molecule has 0 aliphatic rings. The van der Waals surface area contributed by atoms with Crippen LogP contribution in [0.25, 0.3) is 0 Å². The lowest BCUT2D eigenvalue weighted by atomic mass is 10.1. The Morgan fingerprint density at radius 2 is 2.09 bits per heavy atom. The van der Waals surface area contributed by atoms with Crippen LogP contribution in [-0.2, 0) is 0 Å². The highest BCUT2D eigenvalue weighted by atomic mass is 14.7. The molecule has 0 amide bonds. The maximum absolute atomic E-state index is 8.65. The van der Waals surface area contributed by atoms with Gasteiger partial charge in [-0.05, 0) is 26.3 Å². The topological polar surface area (TPSA) is 36.1 Å². The molecule has 0 N–H and O–H groups in total. The zero-order valence-electron chi connectivity index (χ0n) is 7.18. The van der Waals surface area contributed by atoms with Crippen molar-refractivity contribution in [2.45, 2.75) is 20.8 Å². The Morgan fingerprint density at radius 3 is 2.36 bits per heavy atom. The molecule has 2 heteroatoms. The van der Waals surface area contributed by atoms with Crippen LogP contribution in [0, 0.1) is 11.3 Å². The highest BCUT2D eigenvalue weighted by molar-refractivity contribution is 5.57. The number of aliphatic imine (C=N–C) groups is 1. The van der Waals surface area contributed by atoms with Gasteiger partial charge in [-0.25, -0.2) is 0 Å². The Morgan fingerprint density at radius 1 is 1.55 bits per heavy atom. The van der Waals surface area contributed by atoms with Crippen molar-refractivity contribution < 1.29 is 0 Å². The summed E-state index contributed by atoms with van der Waals surface area (Å²) in [5.41, 5.74) is 2.06. The van der Waals surface area contributed by atoms with Gasteiger partial charge in [-0.3, -0.25) is 4.99 Å². The maximum Gasteiger partial charge on any atom is 0.101 e. The first kappa shape index (κ1) is 9.64. The average Bonchev–Trinajstić information content (AvgIpc) is 1.88. The zero-order chi connectivity index (χ0) is 8.85. The van der Waals surface area contributed by atoms with Gasteiger partial charge in [0.1, 0.15) is 6.07 Å². The first-order chi connectivity index (χ1) is 5.13. The Kier molecular flexibility index (Phi) is 3.90. The summed E-state index contributed by atoms with van der Waals surface area (Å²) < 4.78 is 0. The molecular formula is C9H12N2. The van der Waals surface area contributed by atoms with Crippen molar-refractivity contribution in [3.05, 3.63) is 23.4 Å². The molecule has 0 saturated carbocycles. The van der Waals surface area contributed by atoms with E-state index in [4.69, 9.17) is 5.26 Å². The fourth-order valence-corrected chi connectivity index (χ4v) is 0.743. The number of hydrogen-bond acceptors (Lipinski definition) is 2. The predicted molar refractivity (Wildman–Crippen MR) is 47.3 cm³/mol. The summed E-state index contributed by atoms with van der Waals surface area (Å²) in [5, 5.41) is 8.65. The lowest BCUT2D eigenvalue weighted by molar-refractivity contribution is 1.24. The van der Waals surface area contributed by atoms with E-state index in [1.165, 1.54) is 0 Å². The normalized spacial score (nSPS) is 12.5. The third kappa shape index (κ3) is 2.81. The van der Waals surface area contributed by atoms with Crippen LogP contribution < -0.4 is 0 Å². The molecule has 0 rings (SSSR count). The Labute approximate surface area is 67.6 Å². The van der Waals surface area contributed by atoms with Gasteiger partial charge in [0, 0.05) is 6.21 Å². The van der Waals surface area contributed by atoms with Crippen molar-refractivity contribution in [2.24, 2.45) is 4.99 Å². The van der Waals surface area contributed by atoms with Crippen molar-refractivity contribution >= 4 is 6.21 Å². The second kappa shape index (κ2) is 4.45. The molecule has 0 atom stereocenters. The summed E-state index contributed by atoms with van der Waals surface area (Å²) in [4.78, 5) is 3.99. The number of nitriles is 1. The van der Waals surface area contributed by atoms with Crippen molar-refractivity contribution in [3.8, 4) is 6.07 Å². The van der Waals surface area contributed by atoms with Crippen LogP contribution in [0.15, 0.2) is 28.4 Å². The van der Waals surface area contributed by atoms with E-state index in [1.54, 1.807) is 20.1 Å². The van der Waals surface area contributed by atoms with Crippen LogP contribution in [0.3, 0.4) is 0 Å². The number of hydrogen-bond donors (Lipinski definition) is 0. The summed E-state index contributed by atoms with van der Waals surface area (Å²) in [6.45, 7) is 9.09. The van der Waals surface area contributed by atoms with E-state index in [-0.39, 0.29) is 0 Å². The van der Waals surface area contributed by atoms with Crippen LogP contribution in [-0.4, -0.2) is 6.21 Å². The first-order valence-electron chi connectivity index (χ1n) is 3.39. The second-order valence-corrected chi connectivity index (χ2v) is 2.24.